The zero-order chi connectivity index (χ0) is 22.1. The molecule has 0 fully saturated rings. The van der Waals surface area contributed by atoms with E-state index in [2.05, 4.69) is 0 Å². The van der Waals surface area contributed by atoms with Crippen molar-refractivity contribution in [1.82, 2.24) is 0 Å². The number of carbonyl (C=O) groups is 2. The molecule has 30 heavy (non-hydrogen) atoms. The summed E-state index contributed by atoms with van der Waals surface area (Å²) in [6.45, 7) is 5.03. The summed E-state index contributed by atoms with van der Waals surface area (Å²) in [5.41, 5.74) is 1.19. The monoisotopic (exact) mass is 407 g/mol. The van der Waals surface area contributed by atoms with Gasteiger partial charge in [0.1, 0.15) is 24.0 Å². The molecule has 0 radical (unpaired) electrons. The van der Waals surface area contributed by atoms with Gasteiger partial charge in [0, 0.05) is 17.9 Å². The molecular formula is C24H25NO5. The molecule has 0 aliphatic heterocycles. The Morgan fingerprint density at radius 2 is 1.50 bits per heavy atom. The average molecular weight is 407 g/mol. The van der Waals surface area contributed by atoms with Gasteiger partial charge in [0.15, 0.2) is 0 Å². The summed E-state index contributed by atoms with van der Waals surface area (Å²) in [7, 11) is 1.57. The molecule has 0 aromatic heterocycles. The highest BCUT2D eigenvalue weighted by atomic mass is 16.5. The minimum absolute atomic E-state index is 0.00498. The molecule has 0 N–H and O–H groups in total. The summed E-state index contributed by atoms with van der Waals surface area (Å²) in [4.78, 5) is 23.9. The van der Waals surface area contributed by atoms with E-state index in [-0.39, 0.29) is 18.8 Å². The molecule has 6 heteroatoms. The molecule has 0 spiro atoms. The predicted octanol–water partition coefficient (Wildman–Crippen LogP) is 4.15. The molecular weight excluding hydrogens is 382 g/mol. The van der Waals surface area contributed by atoms with Crippen molar-refractivity contribution in [2.24, 2.45) is 5.41 Å². The van der Waals surface area contributed by atoms with Crippen molar-refractivity contribution in [1.29, 1.82) is 5.26 Å². The van der Waals surface area contributed by atoms with Crippen LogP contribution in [0.5, 0.6) is 5.75 Å². The third-order valence-electron chi connectivity index (χ3n) is 4.27. The SMILES string of the molecule is COc1ccc(/C(=C(/C#N)C(=O)OCC(C)(C)COC(C)=O)c2ccccc2)cc1. The van der Waals surface area contributed by atoms with Crippen LogP contribution in [-0.4, -0.2) is 32.3 Å². The van der Waals surface area contributed by atoms with Crippen molar-refractivity contribution in [2.45, 2.75) is 20.8 Å². The van der Waals surface area contributed by atoms with Gasteiger partial charge in [-0.05, 0) is 23.3 Å². The fraction of sp³-hybridized carbons (Fsp3) is 0.292. The smallest absolute Gasteiger partial charge is 0.349 e. The van der Waals surface area contributed by atoms with Crippen LogP contribution in [0.3, 0.4) is 0 Å². The van der Waals surface area contributed by atoms with Crippen LogP contribution in [0, 0.1) is 16.7 Å². The maximum absolute atomic E-state index is 12.8. The number of methoxy groups -OCH3 is 1. The van der Waals surface area contributed by atoms with Crippen LogP contribution in [0.15, 0.2) is 60.2 Å². The van der Waals surface area contributed by atoms with E-state index in [9.17, 15) is 14.9 Å². The fourth-order valence-electron chi connectivity index (χ4n) is 2.69. The summed E-state index contributed by atoms with van der Waals surface area (Å²) in [5.74, 6) is -0.472. The van der Waals surface area contributed by atoms with Crippen LogP contribution in [0.25, 0.3) is 5.57 Å². The minimum Gasteiger partial charge on any atom is -0.497 e. The maximum Gasteiger partial charge on any atom is 0.349 e. The van der Waals surface area contributed by atoms with Crippen LogP contribution in [0.1, 0.15) is 31.9 Å². The normalized spacial score (nSPS) is 11.7. The molecule has 2 rings (SSSR count). The molecule has 156 valence electrons. The molecule has 2 aromatic rings. The summed E-state index contributed by atoms with van der Waals surface area (Å²) in [6.07, 6.45) is 0. The second kappa shape index (κ2) is 10.3. The van der Waals surface area contributed by atoms with E-state index in [4.69, 9.17) is 14.2 Å². The number of benzene rings is 2. The van der Waals surface area contributed by atoms with Gasteiger partial charge in [0.2, 0.25) is 0 Å². The van der Waals surface area contributed by atoms with Gasteiger partial charge in [-0.25, -0.2) is 4.79 Å². The Morgan fingerprint density at radius 3 is 2.03 bits per heavy atom. The number of carbonyl (C=O) groups excluding carboxylic acids is 2. The van der Waals surface area contributed by atoms with Crippen LogP contribution >= 0.6 is 0 Å². The molecule has 0 amide bonds. The van der Waals surface area contributed by atoms with Crippen molar-refractivity contribution in [3.05, 3.63) is 71.3 Å². The number of esters is 2. The Hall–Kier alpha value is -3.59. The Kier molecular flexibility index (Phi) is 7.76. The predicted molar refractivity (Wildman–Crippen MR) is 112 cm³/mol. The van der Waals surface area contributed by atoms with Gasteiger partial charge < -0.3 is 14.2 Å². The van der Waals surface area contributed by atoms with Crippen LogP contribution in [-0.2, 0) is 19.1 Å². The van der Waals surface area contributed by atoms with Crippen molar-refractivity contribution in [3.63, 3.8) is 0 Å². The fourth-order valence-corrected chi connectivity index (χ4v) is 2.69. The highest BCUT2D eigenvalue weighted by Gasteiger charge is 2.25. The number of nitrogens with zero attached hydrogens (tertiary/aromatic N) is 1. The number of nitriles is 1. The van der Waals surface area contributed by atoms with E-state index in [1.165, 1.54) is 6.92 Å². The van der Waals surface area contributed by atoms with E-state index in [0.717, 1.165) is 5.56 Å². The second-order valence-corrected chi connectivity index (χ2v) is 7.48. The first-order valence-corrected chi connectivity index (χ1v) is 9.42. The topological polar surface area (TPSA) is 85.6 Å². The zero-order valence-corrected chi connectivity index (χ0v) is 17.6. The lowest BCUT2D eigenvalue weighted by molar-refractivity contribution is -0.148. The lowest BCUT2D eigenvalue weighted by Crippen LogP contribution is -2.28. The van der Waals surface area contributed by atoms with E-state index in [0.29, 0.717) is 16.9 Å². The van der Waals surface area contributed by atoms with Crippen LogP contribution < -0.4 is 4.74 Å². The van der Waals surface area contributed by atoms with Gasteiger partial charge in [-0.3, -0.25) is 4.79 Å². The molecule has 0 aliphatic carbocycles. The second-order valence-electron chi connectivity index (χ2n) is 7.48. The summed E-state index contributed by atoms with van der Waals surface area (Å²) < 4.78 is 15.6. The van der Waals surface area contributed by atoms with E-state index < -0.39 is 17.4 Å². The highest BCUT2D eigenvalue weighted by Crippen LogP contribution is 2.29. The molecule has 0 unspecified atom stereocenters. The Balaban J connectivity index is 2.38. The molecule has 6 nitrogen and oxygen atoms in total. The van der Waals surface area contributed by atoms with Gasteiger partial charge >= 0.3 is 11.9 Å². The molecule has 0 bridgehead atoms. The molecule has 2 aromatic carbocycles. The summed E-state index contributed by atoms with van der Waals surface area (Å²) >= 11 is 0. The number of hydrogen-bond acceptors (Lipinski definition) is 6. The third-order valence-corrected chi connectivity index (χ3v) is 4.27. The first-order valence-electron chi connectivity index (χ1n) is 9.42. The van der Waals surface area contributed by atoms with Crippen molar-refractivity contribution >= 4 is 17.5 Å². The van der Waals surface area contributed by atoms with Crippen LogP contribution in [0.2, 0.25) is 0 Å². The third kappa shape index (κ3) is 6.21. The van der Waals surface area contributed by atoms with Gasteiger partial charge in [-0.1, -0.05) is 56.3 Å². The Labute approximate surface area is 176 Å². The minimum atomic E-state index is -0.733. The van der Waals surface area contributed by atoms with Gasteiger partial charge in [-0.2, -0.15) is 5.26 Å². The molecule has 0 atom stereocenters. The summed E-state index contributed by atoms with van der Waals surface area (Å²) in [5, 5.41) is 9.79. The largest absolute Gasteiger partial charge is 0.497 e. The van der Waals surface area contributed by atoms with Crippen molar-refractivity contribution in [2.75, 3.05) is 20.3 Å². The Bertz CT molecular complexity index is 953. The van der Waals surface area contributed by atoms with E-state index in [1.807, 2.05) is 36.4 Å². The first-order chi connectivity index (χ1) is 14.3. The summed E-state index contributed by atoms with van der Waals surface area (Å²) in [6, 6.07) is 18.3. The molecule has 0 saturated heterocycles. The molecule has 0 saturated carbocycles. The van der Waals surface area contributed by atoms with Gasteiger partial charge in [-0.15, -0.1) is 0 Å². The Morgan fingerprint density at radius 1 is 0.933 bits per heavy atom. The van der Waals surface area contributed by atoms with Gasteiger partial charge in [0.25, 0.3) is 0 Å². The lowest BCUT2D eigenvalue weighted by Gasteiger charge is -2.23. The number of hydrogen-bond donors (Lipinski definition) is 0. The number of ether oxygens (including phenoxy) is 3. The number of rotatable bonds is 8. The zero-order valence-electron chi connectivity index (χ0n) is 17.6. The standard InChI is InChI=1S/C24H25NO5/c1-17(26)29-15-24(2,3)16-30-23(27)21(14-25)22(18-8-6-5-7-9-18)19-10-12-20(28-4)13-11-19/h5-13H,15-16H2,1-4H3/b22-21-. The average Bonchev–Trinajstić information content (AvgIpc) is 2.75. The quantitative estimate of drug-likeness (QED) is 0.371. The molecule has 0 aliphatic rings. The van der Waals surface area contributed by atoms with Crippen molar-refractivity contribution < 1.29 is 23.8 Å². The van der Waals surface area contributed by atoms with Gasteiger partial charge in [0.05, 0.1) is 13.7 Å². The maximum atomic E-state index is 12.8. The molecule has 0 heterocycles. The van der Waals surface area contributed by atoms with E-state index in [1.54, 1.807) is 45.2 Å². The highest BCUT2D eigenvalue weighted by molar-refractivity contribution is 6.05. The first kappa shape index (κ1) is 22.7. The van der Waals surface area contributed by atoms with Crippen LogP contribution in [0.4, 0.5) is 0 Å². The van der Waals surface area contributed by atoms with E-state index >= 15 is 0 Å². The van der Waals surface area contributed by atoms with Crippen molar-refractivity contribution in [3.8, 4) is 11.8 Å². The lowest BCUT2D eigenvalue weighted by atomic mass is 9.93.